The Balaban J connectivity index is 1.36. The minimum Gasteiger partial charge on any atom is -0.390 e. The Kier molecular flexibility index (Phi) is 6.98. The van der Waals surface area contributed by atoms with Crippen molar-refractivity contribution in [1.82, 2.24) is 14.7 Å². The van der Waals surface area contributed by atoms with E-state index in [0.717, 1.165) is 26.1 Å². The van der Waals surface area contributed by atoms with Crippen LogP contribution in [0.2, 0.25) is 0 Å². The molecule has 29 heavy (non-hydrogen) atoms. The quantitative estimate of drug-likeness (QED) is 0.722. The predicted octanol–water partition coefficient (Wildman–Crippen LogP) is 2.46. The summed E-state index contributed by atoms with van der Waals surface area (Å²) < 4.78 is 0. The molecule has 156 valence electrons. The van der Waals surface area contributed by atoms with Crippen molar-refractivity contribution in [2.24, 2.45) is 0 Å². The first-order valence-electron chi connectivity index (χ1n) is 10.7. The van der Waals surface area contributed by atoms with Gasteiger partial charge in [0.2, 0.25) is 5.91 Å². The largest absolute Gasteiger partial charge is 0.390 e. The number of nitrogens with zero attached hydrogens (tertiary/aromatic N) is 3. The van der Waals surface area contributed by atoms with Gasteiger partial charge in [0.15, 0.2) is 0 Å². The number of benzene rings is 1. The number of amides is 1. The van der Waals surface area contributed by atoms with E-state index in [4.69, 9.17) is 0 Å². The number of β-amino-alcohol motifs (C(OH)–C–C–N with tert-alkyl or cyclic N) is 1. The number of hydrogen-bond donors (Lipinski definition) is 1. The molecule has 0 spiro atoms. The third kappa shape index (κ3) is 5.45. The third-order valence-corrected chi connectivity index (χ3v) is 6.96. The van der Waals surface area contributed by atoms with E-state index in [1.165, 1.54) is 23.3 Å². The van der Waals surface area contributed by atoms with Gasteiger partial charge in [-0.15, -0.1) is 11.3 Å². The Hall–Kier alpha value is -1.73. The summed E-state index contributed by atoms with van der Waals surface area (Å²) in [5, 5.41) is 12.6. The van der Waals surface area contributed by atoms with E-state index in [1.807, 2.05) is 29.2 Å². The van der Waals surface area contributed by atoms with Crippen LogP contribution in [0.25, 0.3) is 0 Å². The highest BCUT2D eigenvalue weighted by atomic mass is 32.1. The lowest BCUT2D eigenvalue weighted by Crippen LogP contribution is -2.42. The molecule has 2 aromatic rings. The topological polar surface area (TPSA) is 47.0 Å². The molecule has 2 atom stereocenters. The molecule has 2 saturated heterocycles. The molecular formula is C23H31N3O2S. The minimum atomic E-state index is -0.351. The van der Waals surface area contributed by atoms with Crippen molar-refractivity contribution >= 4 is 17.2 Å². The second-order valence-corrected chi connectivity index (χ2v) is 9.23. The molecule has 1 amide bonds. The van der Waals surface area contributed by atoms with Gasteiger partial charge in [0.05, 0.1) is 19.2 Å². The molecule has 3 heterocycles. The number of rotatable bonds is 8. The molecule has 0 radical (unpaired) electrons. The highest BCUT2D eigenvalue weighted by Gasteiger charge is 2.37. The standard InChI is InChI=1S/C23H31N3O2S/c27-22-17-24(16-21(22)25-11-4-5-12-25)18-23(28)26(15-20-9-6-14-29-20)13-10-19-7-2-1-3-8-19/h1-3,6-9,14,21-22,27H,4-5,10-13,15-18H2/t21-,22-/m1/s1. The Bertz CT molecular complexity index is 762. The van der Waals surface area contributed by atoms with Crippen molar-refractivity contribution in [2.45, 2.75) is 38.0 Å². The Morgan fingerprint density at radius 3 is 2.62 bits per heavy atom. The molecule has 0 unspecified atom stereocenters. The van der Waals surface area contributed by atoms with Gasteiger partial charge in [-0.3, -0.25) is 14.6 Å². The molecule has 1 N–H and O–H groups in total. The Morgan fingerprint density at radius 1 is 1.10 bits per heavy atom. The lowest BCUT2D eigenvalue weighted by Gasteiger charge is -2.27. The number of aliphatic hydroxyl groups excluding tert-OH is 1. The molecule has 2 aliphatic heterocycles. The average Bonchev–Trinajstić information content (AvgIpc) is 3.48. The fourth-order valence-electron chi connectivity index (χ4n) is 4.49. The number of hydrogen-bond acceptors (Lipinski definition) is 5. The Morgan fingerprint density at radius 2 is 1.90 bits per heavy atom. The summed E-state index contributed by atoms with van der Waals surface area (Å²) in [5.74, 6) is 0.156. The van der Waals surface area contributed by atoms with Gasteiger partial charge in [0, 0.05) is 30.6 Å². The lowest BCUT2D eigenvalue weighted by atomic mass is 10.1. The van der Waals surface area contributed by atoms with Crippen LogP contribution in [0.5, 0.6) is 0 Å². The highest BCUT2D eigenvalue weighted by Crippen LogP contribution is 2.21. The molecule has 1 aromatic carbocycles. The molecule has 4 rings (SSSR count). The predicted molar refractivity (Wildman–Crippen MR) is 117 cm³/mol. The summed E-state index contributed by atoms with van der Waals surface area (Å²) in [6.45, 7) is 5.30. The zero-order valence-corrected chi connectivity index (χ0v) is 17.8. The first-order chi connectivity index (χ1) is 14.2. The van der Waals surface area contributed by atoms with Crippen LogP contribution in [0.3, 0.4) is 0 Å². The van der Waals surface area contributed by atoms with E-state index in [2.05, 4.69) is 33.4 Å². The van der Waals surface area contributed by atoms with E-state index < -0.39 is 0 Å². The normalized spacial score (nSPS) is 22.9. The van der Waals surface area contributed by atoms with Crippen LogP contribution in [0.1, 0.15) is 23.3 Å². The van der Waals surface area contributed by atoms with E-state index in [1.54, 1.807) is 11.3 Å². The van der Waals surface area contributed by atoms with Crippen LogP contribution in [0.4, 0.5) is 0 Å². The van der Waals surface area contributed by atoms with Crippen molar-refractivity contribution in [2.75, 3.05) is 39.3 Å². The van der Waals surface area contributed by atoms with Crippen molar-refractivity contribution in [3.05, 3.63) is 58.3 Å². The zero-order valence-electron chi connectivity index (χ0n) is 16.9. The number of aliphatic hydroxyl groups is 1. The van der Waals surface area contributed by atoms with Gasteiger partial charge in [-0.25, -0.2) is 0 Å². The maximum Gasteiger partial charge on any atom is 0.237 e. The van der Waals surface area contributed by atoms with E-state index in [-0.39, 0.29) is 18.1 Å². The van der Waals surface area contributed by atoms with Crippen LogP contribution in [0.15, 0.2) is 47.8 Å². The molecular weight excluding hydrogens is 382 g/mol. The Labute approximate surface area is 177 Å². The fourth-order valence-corrected chi connectivity index (χ4v) is 5.21. The molecule has 0 aliphatic carbocycles. The lowest BCUT2D eigenvalue weighted by molar-refractivity contribution is -0.132. The van der Waals surface area contributed by atoms with Crippen LogP contribution in [-0.4, -0.2) is 77.1 Å². The monoisotopic (exact) mass is 413 g/mol. The summed E-state index contributed by atoms with van der Waals surface area (Å²) >= 11 is 1.70. The van der Waals surface area contributed by atoms with Gasteiger partial charge in [-0.2, -0.15) is 0 Å². The fraction of sp³-hybridized carbons (Fsp3) is 0.522. The van der Waals surface area contributed by atoms with E-state index in [9.17, 15) is 9.90 Å². The molecule has 0 saturated carbocycles. The summed E-state index contributed by atoms with van der Waals surface area (Å²) in [6, 6.07) is 14.7. The SMILES string of the molecule is O=C(CN1C[C@@H](O)[C@H](N2CCCC2)C1)N(CCc1ccccc1)Cc1cccs1. The maximum atomic E-state index is 13.2. The van der Waals surface area contributed by atoms with Crippen molar-refractivity contribution < 1.29 is 9.90 Å². The number of thiophene rings is 1. The van der Waals surface area contributed by atoms with Crippen LogP contribution in [0, 0.1) is 0 Å². The smallest absolute Gasteiger partial charge is 0.237 e. The van der Waals surface area contributed by atoms with Crippen LogP contribution >= 0.6 is 11.3 Å². The molecule has 2 fully saturated rings. The number of carbonyl (C=O) groups excluding carboxylic acids is 1. The van der Waals surface area contributed by atoms with Gasteiger partial charge in [-0.1, -0.05) is 36.4 Å². The summed E-state index contributed by atoms with van der Waals surface area (Å²) in [7, 11) is 0. The molecule has 0 bridgehead atoms. The van der Waals surface area contributed by atoms with Crippen molar-refractivity contribution in [3.8, 4) is 0 Å². The van der Waals surface area contributed by atoms with Crippen molar-refractivity contribution in [1.29, 1.82) is 0 Å². The molecule has 2 aliphatic rings. The van der Waals surface area contributed by atoms with Gasteiger partial charge in [0.1, 0.15) is 0 Å². The molecule has 1 aromatic heterocycles. The number of carbonyl (C=O) groups is 1. The maximum absolute atomic E-state index is 13.2. The van der Waals surface area contributed by atoms with Gasteiger partial charge in [0.25, 0.3) is 0 Å². The van der Waals surface area contributed by atoms with Crippen LogP contribution < -0.4 is 0 Å². The van der Waals surface area contributed by atoms with Crippen molar-refractivity contribution in [3.63, 3.8) is 0 Å². The van der Waals surface area contributed by atoms with Gasteiger partial charge >= 0.3 is 0 Å². The summed E-state index contributed by atoms with van der Waals surface area (Å²) in [5.41, 5.74) is 1.25. The third-order valence-electron chi connectivity index (χ3n) is 6.10. The van der Waals surface area contributed by atoms with E-state index >= 15 is 0 Å². The van der Waals surface area contributed by atoms with Crippen LogP contribution in [-0.2, 0) is 17.8 Å². The molecule has 6 heteroatoms. The van der Waals surface area contributed by atoms with Gasteiger partial charge in [-0.05, 0) is 49.4 Å². The first-order valence-corrected chi connectivity index (χ1v) is 11.6. The summed E-state index contributed by atoms with van der Waals surface area (Å²) in [6.07, 6.45) is 2.94. The van der Waals surface area contributed by atoms with Gasteiger partial charge < -0.3 is 10.0 Å². The average molecular weight is 414 g/mol. The minimum absolute atomic E-state index is 0.156. The highest BCUT2D eigenvalue weighted by molar-refractivity contribution is 7.09. The summed E-state index contributed by atoms with van der Waals surface area (Å²) in [4.78, 5) is 20.9. The molecule has 5 nitrogen and oxygen atoms in total. The second kappa shape index (κ2) is 9.85. The zero-order chi connectivity index (χ0) is 20.1. The van der Waals surface area contributed by atoms with E-state index in [0.29, 0.717) is 26.2 Å². The number of likely N-dealkylation sites (tertiary alicyclic amines) is 2. The first kappa shape index (κ1) is 20.5. The second-order valence-electron chi connectivity index (χ2n) is 8.20.